The molecule has 0 aromatic carbocycles. The molecule has 94 valence electrons. The van der Waals surface area contributed by atoms with Crippen molar-refractivity contribution in [2.24, 2.45) is 0 Å². The summed E-state index contributed by atoms with van der Waals surface area (Å²) in [4.78, 5) is 22.3. The molecule has 4 heteroatoms. The van der Waals surface area contributed by atoms with Gasteiger partial charge in [0.15, 0.2) is 0 Å². The Bertz CT molecular complexity index is 233. The summed E-state index contributed by atoms with van der Waals surface area (Å²) in [5.41, 5.74) is -1.18. The molecule has 0 unspecified atom stereocenters. The van der Waals surface area contributed by atoms with E-state index in [-0.39, 0.29) is 0 Å². The quantitative estimate of drug-likeness (QED) is 0.498. The Morgan fingerprint density at radius 3 is 2.25 bits per heavy atom. The molecule has 0 N–H and O–H groups in total. The first-order chi connectivity index (χ1) is 7.40. The molecule has 0 aromatic rings. The van der Waals surface area contributed by atoms with Crippen LogP contribution in [0.25, 0.3) is 0 Å². The second kappa shape index (κ2) is 7.25. The Morgan fingerprint density at radius 2 is 1.75 bits per heavy atom. The second-order valence-electron chi connectivity index (χ2n) is 4.30. The van der Waals surface area contributed by atoms with Gasteiger partial charge in [-0.25, -0.2) is 4.79 Å². The molecule has 0 aliphatic rings. The molecule has 0 aliphatic heterocycles. The molecular weight excluding hydrogens is 208 g/mol. The molecule has 16 heavy (non-hydrogen) atoms. The summed E-state index contributed by atoms with van der Waals surface area (Å²) in [6, 6.07) is 0. The Balaban J connectivity index is 3.82. The van der Waals surface area contributed by atoms with Crippen molar-refractivity contribution in [1.29, 1.82) is 0 Å². The van der Waals surface area contributed by atoms with Crippen LogP contribution in [-0.4, -0.2) is 24.1 Å². The fraction of sp³-hybridized carbons (Fsp3) is 0.833. The lowest BCUT2D eigenvalue weighted by Gasteiger charge is -2.22. The van der Waals surface area contributed by atoms with E-state index in [2.05, 4.69) is 6.92 Å². The SMILES string of the molecule is CCCCCCOC(=O)C(C)(C)OC(C)=O. The fourth-order valence-corrected chi connectivity index (χ4v) is 1.27. The van der Waals surface area contributed by atoms with Crippen LogP contribution < -0.4 is 0 Å². The minimum atomic E-state index is -1.18. The van der Waals surface area contributed by atoms with E-state index < -0.39 is 17.5 Å². The Morgan fingerprint density at radius 1 is 1.12 bits per heavy atom. The van der Waals surface area contributed by atoms with Crippen LogP contribution >= 0.6 is 0 Å². The van der Waals surface area contributed by atoms with E-state index >= 15 is 0 Å². The van der Waals surface area contributed by atoms with Gasteiger partial charge in [0.05, 0.1) is 6.61 Å². The molecule has 0 bridgehead atoms. The highest BCUT2D eigenvalue weighted by molar-refractivity contribution is 5.81. The largest absolute Gasteiger partial charge is 0.463 e. The molecule has 0 fully saturated rings. The van der Waals surface area contributed by atoms with Crippen molar-refractivity contribution in [2.45, 2.75) is 59.0 Å². The topological polar surface area (TPSA) is 52.6 Å². The third kappa shape index (κ3) is 6.43. The lowest BCUT2D eigenvalue weighted by molar-refractivity contribution is -0.177. The van der Waals surface area contributed by atoms with E-state index in [4.69, 9.17) is 9.47 Å². The van der Waals surface area contributed by atoms with Gasteiger partial charge in [-0.3, -0.25) is 4.79 Å². The molecule has 0 heterocycles. The molecule has 0 atom stereocenters. The highest BCUT2D eigenvalue weighted by Gasteiger charge is 2.32. The zero-order valence-corrected chi connectivity index (χ0v) is 10.7. The summed E-state index contributed by atoms with van der Waals surface area (Å²) >= 11 is 0. The number of unbranched alkanes of at least 4 members (excludes halogenated alkanes) is 3. The highest BCUT2D eigenvalue weighted by Crippen LogP contribution is 2.12. The maximum absolute atomic E-state index is 11.5. The summed E-state index contributed by atoms with van der Waals surface area (Å²) in [5, 5.41) is 0. The van der Waals surface area contributed by atoms with Crippen LogP contribution in [0.2, 0.25) is 0 Å². The van der Waals surface area contributed by atoms with Gasteiger partial charge in [0.2, 0.25) is 5.60 Å². The van der Waals surface area contributed by atoms with E-state index in [9.17, 15) is 9.59 Å². The second-order valence-corrected chi connectivity index (χ2v) is 4.30. The minimum absolute atomic E-state index is 0.392. The molecular formula is C12H22O4. The van der Waals surface area contributed by atoms with Crippen molar-refractivity contribution < 1.29 is 19.1 Å². The van der Waals surface area contributed by atoms with Gasteiger partial charge in [-0.1, -0.05) is 26.2 Å². The summed E-state index contributed by atoms with van der Waals surface area (Å²) in [5.74, 6) is -0.966. The monoisotopic (exact) mass is 230 g/mol. The summed E-state index contributed by atoms with van der Waals surface area (Å²) in [7, 11) is 0. The van der Waals surface area contributed by atoms with E-state index in [1.165, 1.54) is 20.8 Å². The van der Waals surface area contributed by atoms with E-state index in [1.807, 2.05) is 0 Å². The Hall–Kier alpha value is -1.06. The van der Waals surface area contributed by atoms with Gasteiger partial charge >= 0.3 is 11.9 Å². The van der Waals surface area contributed by atoms with Gasteiger partial charge in [-0.2, -0.15) is 0 Å². The highest BCUT2D eigenvalue weighted by atomic mass is 16.6. The van der Waals surface area contributed by atoms with Gasteiger partial charge < -0.3 is 9.47 Å². The molecule has 0 spiro atoms. The van der Waals surface area contributed by atoms with Gasteiger partial charge in [0.1, 0.15) is 0 Å². The molecule has 0 saturated carbocycles. The van der Waals surface area contributed by atoms with Gasteiger partial charge in [0, 0.05) is 6.92 Å². The lowest BCUT2D eigenvalue weighted by atomic mass is 10.1. The van der Waals surface area contributed by atoms with Crippen molar-refractivity contribution in [3.63, 3.8) is 0 Å². The molecule has 4 nitrogen and oxygen atoms in total. The van der Waals surface area contributed by atoms with Crippen LogP contribution in [0.4, 0.5) is 0 Å². The van der Waals surface area contributed by atoms with Crippen LogP contribution in [0.3, 0.4) is 0 Å². The average Bonchev–Trinajstić information content (AvgIpc) is 2.15. The normalized spacial score (nSPS) is 11.0. The maximum atomic E-state index is 11.5. The number of carbonyl (C=O) groups excluding carboxylic acids is 2. The molecule has 0 aliphatic carbocycles. The standard InChI is InChI=1S/C12H22O4/c1-5-6-7-8-9-15-11(14)12(3,4)16-10(2)13/h5-9H2,1-4H3. The zero-order chi connectivity index (χ0) is 12.6. The third-order valence-corrected chi connectivity index (χ3v) is 2.12. The summed E-state index contributed by atoms with van der Waals surface area (Å²) in [6.07, 6.45) is 4.20. The zero-order valence-electron chi connectivity index (χ0n) is 10.7. The average molecular weight is 230 g/mol. The smallest absolute Gasteiger partial charge is 0.350 e. The van der Waals surface area contributed by atoms with Crippen molar-refractivity contribution >= 4 is 11.9 Å². The van der Waals surface area contributed by atoms with E-state index in [0.29, 0.717) is 6.61 Å². The van der Waals surface area contributed by atoms with E-state index in [1.54, 1.807) is 0 Å². The van der Waals surface area contributed by atoms with Gasteiger partial charge in [0.25, 0.3) is 0 Å². The predicted octanol–water partition coefficient (Wildman–Crippen LogP) is 2.45. The fourth-order valence-electron chi connectivity index (χ4n) is 1.27. The van der Waals surface area contributed by atoms with Gasteiger partial charge in [-0.15, -0.1) is 0 Å². The molecule has 0 aromatic heterocycles. The first-order valence-electron chi connectivity index (χ1n) is 5.77. The number of rotatable bonds is 7. The van der Waals surface area contributed by atoms with Crippen molar-refractivity contribution in [3.05, 3.63) is 0 Å². The third-order valence-electron chi connectivity index (χ3n) is 2.12. The van der Waals surface area contributed by atoms with Crippen molar-refractivity contribution in [3.8, 4) is 0 Å². The number of carbonyl (C=O) groups is 2. The number of esters is 2. The molecule has 0 radical (unpaired) electrons. The van der Waals surface area contributed by atoms with Crippen LogP contribution in [0.15, 0.2) is 0 Å². The summed E-state index contributed by atoms with van der Waals surface area (Å²) < 4.78 is 9.90. The number of ether oxygens (including phenoxy) is 2. The number of hydrogen-bond donors (Lipinski definition) is 0. The Labute approximate surface area is 97.3 Å². The van der Waals surface area contributed by atoms with Crippen LogP contribution in [0.1, 0.15) is 53.4 Å². The molecule has 0 rings (SSSR count). The predicted molar refractivity (Wildman–Crippen MR) is 60.9 cm³/mol. The maximum Gasteiger partial charge on any atom is 0.350 e. The summed E-state index contributed by atoms with van der Waals surface area (Å²) in [6.45, 7) is 6.85. The van der Waals surface area contributed by atoms with Crippen LogP contribution in [0.5, 0.6) is 0 Å². The number of hydrogen-bond acceptors (Lipinski definition) is 4. The van der Waals surface area contributed by atoms with Crippen LogP contribution in [0, 0.1) is 0 Å². The Kier molecular flexibility index (Phi) is 6.77. The van der Waals surface area contributed by atoms with Gasteiger partial charge in [-0.05, 0) is 20.3 Å². The molecule has 0 saturated heterocycles. The van der Waals surface area contributed by atoms with E-state index in [0.717, 1.165) is 25.7 Å². The van der Waals surface area contributed by atoms with Crippen molar-refractivity contribution in [1.82, 2.24) is 0 Å². The lowest BCUT2D eigenvalue weighted by Crippen LogP contribution is -2.38. The minimum Gasteiger partial charge on any atom is -0.463 e. The first-order valence-corrected chi connectivity index (χ1v) is 5.77. The van der Waals surface area contributed by atoms with Crippen LogP contribution in [-0.2, 0) is 19.1 Å². The van der Waals surface area contributed by atoms with Crippen molar-refractivity contribution in [2.75, 3.05) is 6.61 Å². The first kappa shape index (κ1) is 14.9. The molecule has 0 amide bonds.